The molecule has 2 aromatic heterocycles. The Hall–Kier alpha value is -3.35. The molecule has 0 aliphatic heterocycles. The van der Waals surface area contributed by atoms with Gasteiger partial charge in [0, 0.05) is 23.0 Å². The van der Waals surface area contributed by atoms with Gasteiger partial charge in [-0.2, -0.15) is 5.10 Å². The number of nitrogens with zero attached hydrogens (tertiary/aromatic N) is 2. The fraction of sp³-hybridized carbons (Fsp3) is 0.400. The Morgan fingerprint density at radius 3 is 2.78 bits per heavy atom. The van der Waals surface area contributed by atoms with Gasteiger partial charge in [-0.3, -0.25) is 4.79 Å². The highest BCUT2D eigenvalue weighted by Crippen LogP contribution is 2.31. The molecule has 7 nitrogen and oxygen atoms in total. The van der Waals surface area contributed by atoms with Crippen molar-refractivity contribution in [2.24, 2.45) is 16.9 Å². The van der Waals surface area contributed by atoms with Crippen LogP contribution in [0.1, 0.15) is 46.5 Å². The van der Waals surface area contributed by atoms with Crippen LogP contribution >= 0.6 is 0 Å². The van der Waals surface area contributed by atoms with Gasteiger partial charge in [0.2, 0.25) is 0 Å². The molecule has 0 saturated heterocycles. The molecule has 2 N–H and O–H groups in total. The van der Waals surface area contributed by atoms with Crippen LogP contribution in [0.15, 0.2) is 56.2 Å². The average Bonchev–Trinajstić information content (AvgIpc) is 3.12. The predicted octanol–water partition coefficient (Wildman–Crippen LogP) is 4.73. The maximum Gasteiger partial charge on any atom is 0.350 e. The molecule has 4 rings (SSSR count). The molecule has 1 aliphatic rings. The summed E-state index contributed by atoms with van der Waals surface area (Å²) < 4.78 is 6.17. The molecule has 0 unspecified atom stereocenters. The lowest BCUT2D eigenvalue weighted by Gasteiger charge is -2.25. The van der Waals surface area contributed by atoms with Gasteiger partial charge in [-0.05, 0) is 63.6 Å². The van der Waals surface area contributed by atoms with E-state index in [-0.39, 0.29) is 5.92 Å². The fourth-order valence-corrected chi connectivity index (χ4v) is 4.34. The van der Waals surface area contributed by atoms with Crippen LogP contribution in [-0.4, -0.2) is 28.0 Å². The Kier molecular flexibility index (Phi) is 6.17. The maximum atomic E-state index is 13.0. The highest BCUT2D eigenvalue weighted by Gasteiger charge is 2.21. The molecule has 7 heteroatoms. The van der Waals surface area contributed by atoms with Crippen LogP contribution in [0, 0.1) is 11.8 Å². The molecule has 3 aromatic rings. The van der Waals surface area contributed by atoms with Crippen molar-refractivity contribution in [2.45, 2.75) is 46.5 Å². The molecular formula is C25H30N4O3. The molecule has 0 saturated carbocycles. The first-order valence-electron chi connectivity index (χ1n) is 11.1. The van der Waals surface area contributed by atoms with Crippen LogP contribution in [0.3, 0.4) is 0 Å². The Bertz CT molecular complexity index is 1350. The quantitative estimate of drug-likeness (QED) is 0.434. The third-order valence-corrected chi connectivity index (χ3v) is 6.22. The number of ether oxygens (including phenoxy) is 1. The summed E-state index contributed by atoms with van der Waals surface area (Å²) in [5.74, 6) is 1.25. The maximum absolute atomic E-state index is 13.0. The summed E-state index contributed by atoms with van der Waals surface area (Å²) in [6, 6.07) is 5.42. The second kappa shape index (κ2) is 9.02. The van der Waals surface area contributed by atoms with Crippen molar-refractivity contribution < 1.29 is 4.74 Å². The van der Waals surface area contributed by atoms with Crippen molar-refractivity contribution >= 4 is 28.2 Å². The molecule has 1 aliphatic carbocycles. The SMILES string of the molecule is COc1ccc2[nH]c3c(=O)n(N=C[C@H]4CC=C(CCC=C(C)C)C[C@@H]4C)c(=O)[nH]c3c2c1. The highest BCUT2D eigenvalue weighted by atomic mass is 16.5. The van der Waals surface area contributed by atoms with E-state index in [4.69, 9.17) is 4.74 Å². The minimum atomic E-state index is -0.552. The van der Waals surface area contributed by atoms with E-state index in [1.54, 1.807) is 25.5 Å². The van der Waals surface area contributed by atoms with Gasteiger partial charge in [0.05, 0.1) is 12.6 Å². The van der Waals surface area contributed by atoms with Crippen molar-refractivity contribution in [2.75, 3.05) is 7.11 Å². The van der Waals surface area contributed by atoms with Gasteiger partial charge >= 0.3 is 11.2 Å². The summed E-state index contributed by atoms with van der Waals surface area (Å²) in [5.41, 5.74) is 3.35. The Balaban J connectivity index is 1.60. The number of rotatable bonds is 6. The highest BCUT2D eigenvalue weighted by molar-refractivity contribution is 6.04. The van der Waals surface area contributed by atoms with Crippen molar-refractivity contribution in [1.29, 1.82) is 0 Å². The number of benzene rings is 1. The molecule has 0 spiro atoms. The summed E-state index contributed by atoms with van der Waals surface area (Å²) in [6.45, 7) is 6.45. The van der Waals surface area contributed by atoms with Gasteiger partial charge in [-0.15, -0.1) is 4.68 Å². The van der Waals surface area contributed by atoms with Crippen molar-refractivity contribution in [3.63, 3.8) is 0 Å². The van der Waals surface area contributed by atoms with Crippen molar-refractivity contribution in [1.82, 2.24) is 14.6 Å². The van der Waals surface area contributed by atoms with Crippen LogP contribution in [0.2, 0.25) is 0 Å². The standard InChI is InChI=1S/C25H30N4O3/c1-15(2)6-5-7-17-8-9-18(16(3)12-17)14-26-29-24(30)23-22(28-25(29)31)20-13-19(32-4)10-11-21(20)27-23/h6,8,10-11,13-14,16,18,27H,5,7,9,12H2,1-4H3,(H,28,31)/t16-,18+/m0/s1. The summed E-state index contributed by atoms with van der Waals surface area (Å²) in [4.78, 5) is 31.6. The first-order valence-corrected chi connectivity index (χ1v) is 11.1. The Labute approximate surface area is 186 Å². The second-order valence-electron chi connectivity index (χ2n) is 8.86. The number of hydrogen-bond acceptors (Lipinski definition) is 4. The van der Waals surface area contributed by atoms with Gasteiger partial charge < -0.3 is 14.7 Å². The molecule has 2 atom stereocenters. The number of aromatic nitrogens is 3. The molecule has 0 fully saturated rings. The lowest BCUT2D eigenvalue weighted by Crippen LogP contribution is -2.32. The van der Waals surface area contributed by atoms with E-state index < -0.39 is 11.2 Å². The van der Waals surface area contributed by atoms with Gasteiger partial charge in [-0.25, -0.2) is 4.79 Å². The molecule has 0 radical (unpaired) electrons. The summed E-state index contributed by atoms with van der Waals surface area (Å²) in [5, 5.41) is 5.03. The largest absolute Gasteiger partial charge is 0.497 e. The van der Waals surface area contributed by atoms with Gasteiger partial charge in [0.15, 0.2) is 0 Å². The van der Waals surface area contributed by atoms with Crippen LogP contribution in [0.5, 0.6) is 5.75 Å². The van der Waals surface area contributed by atoms with Gasteiger partial charge in [0.25, 0.3) is 0 Å². The number of H-pyrrole nitrogens is 2. The topological polar surface area (TPSA) is 92.2 Å². The number of methoxy groups -OCH3 is 1. The predicted molar refractivity (Wildman–Crippen MR) is 130 cm³/mol. The van der Waals surface area contributed by atoms with E-state index in [1.165, 1.54) is 11.1 Å². The third-order valence-electron chi connectivity index (χ3n) is 6.22. The van der Waals surface area contributed by atoms with E-state index in [2.05, 4.69) is 48.0 Å². The summed E-state index contributed by atoms with van der Waals surface area (Å²) in [6.07, 6.45) is 10.4. The lowest BCUT2D eigenvalue weighted by molar-refractivity contribution is 0.415. The zero-order valence-corrected chi connectivity index (χ0v) is 19.1. The van der Waals surface area contributed by atoms with Gasteiger partial charge in [-0.1, -0.05) is 30.2 Å². The van der Waals surface area contributed by atoms with E-state index in [1.807, 2.05) is 6.07 Å². The minimum Gasteiger partial charge on any atom is -0.497 e. The molecule has 0 amide bonds. The third kappa shape index (κ3) is 4.33. The molecule has 0 bridgehead atoms. The molecule has 32 heavy (non-hydrogen) atoms. The van der Waals surface area contributed by atoms with E-state index in [0.717, 1.165) is 41.3 Å². The van der Waals surface area contributed by atoms with Crippen LogP contribution in [0.25, 0.3) is 21.9 Å². The summed E-state index contributed by atoms with van der Waals surface area (Å²) >= 11 is 0. The Morgan fingerprint density at radius 2 is 2.06 bits per heavy atom. The summed E-state index contributed by atoms with van der Waals surface area (Å²) in [7, 11) is 1.58. The smallest absolute Gasteiger partial charge is 0.350 e. The zero-order valence-electron chi connectivity index (χ0n) is 19.1. The first kappa shape index (κ1) is 21.9. The Morgan fingerprint density at radius 1 is 1.25 bits per heavy atom. The number of fused-ring (bicyclic) bond motifs is 3. The minimum absolute atomic E-state index is 0.191. The number of allylic oxidation sites excluding steroid dienone is 4. The van der Waals surface area contributed by atoms with Crippen LogP contribution < -0.4 is 16.0 Å². The monoisotopic (exact) mass is 434 g/mol. The van der Waals surface area contributed by atoms with E-state index >= 15 is 0 Å². The number of hydrogen-bond donors (Lipinski definition) is 2. The lowest BCUT2D eigenvalue weighted by atomic mass is 9.80. The number of aromatic amines is 2. The average molecular weight is 435 g/mol. The van der Waals surface area contributed by atoms with E-state index in [0.29, 0.717) is 22.7 Å². The van der Waals surface area contributed by atoms with E-state index in [9.17, 15) is 9.59 Å². The zero-order chi connectivity index (χ0) is 22.8. The van der Waals surface area contributed by atoms with Gasteiger partial charge in [0.1, 0.15) is 11.3 Å². The first-order chi connectivity index (χ1) is 15.4. The van der Waals surface area contributed by atoms with Crippen molar-refractivity contribution in [3.8, 4) is 5.75 Å². The fourth-order valence-electron chi connectivity index (χ4n) is 4.34. The molecular weight excluding hydrogens is 404 g/mol. The normalized spacial score (nSPS) is 18.9. The van der Waals surface area contributed by atoms with Crippen LogP contribution in [-0.2, 0) is 0 Å². The van der Waals surface area contributed by atoms with Crippen LogP contribution in [0.4, 0.5) is 0 Å². The second-order valence-corrected chi connectivity index (χ2v) is 8.86. The molecule has 168 valence electrons. The molecule has 2 heterocycles. The molecule has 1 aromatic carbocycles. The van der Waals surface area contributed by atoms with Crippen molar-refractivity contribution in [3.05, 3.63) is 62.3 Å². The number of nitrogens with one attached hydrogen (secondary N) is 2.